The van der Waals surface area contributed by atoms with Gasteiger partial charge < -0.3 is 0 Å². The van der Waals surface area contributed by atoms with E-state index in [4.69, 9.17) is 5.26 Å². The van der Waals surface area contributed by atoms with Gasteiger partial charge in [0.2, 0.25) is 0 Å². The maximum absolute atomic E-state index is 13.3. The molecule has 1 atom stereocenters. The van der Waals surface area contributed by atoms with Crippen molar-refractivity contribution in [1.29, 1.82) is 5.26 Å². The first-order valence-electron chi connectivity index (χ1n) is 4.41. The van der Waals surface area contributed by atoms with Gasteiger partial charge in [-0.05, 0) is 25.5 Å². The highest BCUT2D eigenvalue weighted by Gasteiger charge is 2.30. The van der Waals surface area contributed by atoms with E-state index in [1.807, 2.05) is 6.07 Å². The SMILES string of the molecule is CCC(C)(C#N)c1c(F)cccc1F. The number of halogens is 2. The number of nitrogens with zero attached hydrogens (tertiary/aromatic N) is 1. The Kier molecular flexibility index (Phi) is 2.85. The summed E-state index contributed by atoms with van der Waals surface area (Å²) in [5, 5.41) is 8.90. The Morgan fingerprint density at radius 3 is 2.21 bits per heavy atom. The van der Waals surface area contributed by atoms with Gasteiger partial charge in [-0.1, -0.05) is 13.0 Å². The molecule has 0 bridgehead atoms. The molecule has 0 amide bonds. The molecule has 0 saturated carbocycles. The predicted molar refractivity (Wildman–Crippen MR) is 49.6 cm³/mol. The van der Waals surface area contributed by atoms with Gasteiger partial charge >= 0.3 is 0 Å². The van der Waals surface area contributed by atoms with E-state index in [9.17, 15) is 8.78 Å². The van der Waals surface area contributed by atoms with Crippen molar-refractivity contribution in [2.45, 2.75) is 25.7 Å². The van der Waals surface area contributed by atoms with Gasteiger partial charge in [0.25, 0.3) is 0 Å². The maximum Gasteiger partial charge on any atom is 0.130 e. The molecular formula is C11H11F2N. The van der Waals surface area contributed by atoms with Crippen LogP contribution in [0.3, 0.4) is 0 Å². The first-order chi connectivity index (χ1) is 6.55. The summed E-state index contributed by atoms with van der Waals surface area (Å²) < 4.78 is 26.7. The van der Waals surface area contributed by atoms with E-state index in [0.717, 1.165) is 0 Å². The van der Waals surface area contributed by atoms with Gasteiger partial charge in [-0.25, -0.2) is 8.78 Å². The fourth-order valence-electron chi connectivity index (χ4n) is 1.34. The molecule has 1 rings (SSSR count). The molecule has 1 aromatic rings. The molecule has 14 heavy (non-hydrogen) atoms. The van der Waals surface area contributed by atoms with E-state index in [2.05, 4.69) is 0 Å². The van der Waals surface area contributed by atoms with Gasteiger partial charge in [0, 0.05) is 5.56 Å². The minimum atomic E-state index is -1.09. The molecule has 0 heterocycles. The number of nitriles is 1. The molecule has 0 N–H and O–H groups in total. The molecule has 0 radical (unpaired) electrons. The van der Waals surface area contributed by atoms with Crippen molar-refractivity contribution in [2.75, 3.05) is 0 Å². The number of benzene rings is 1. The highest BCUT2D eigenvalue weighted by atomic mass is 19.1. The van der Waals surface area contributed by atoms with E-state index < -0.39 is 17.0 Å². The third-order valence-corrected chi connectivity index (χ3v) is 2.47. The lowest BCUT2D eigenvalue weighted by Crippen LogP contribution is -2.21. The monoisotopic (exact) mass is 195 g/mol. The second kappa shape index (κ2) is 3.75. The van der Waals surface area contributed by atoms with Crippen LogP contribution in [0.2, 0.25) is 0 Å². The molecule has 0 aliphatic heterocycles. The van der Waals surface area contributed by atoms with E-state index in [1.54, 1.807) is 6.92 Å². The normalized spacial score (nSPS) is 14.5. The Morgan fingerprint density at radius 2 is 1.86 bits per heavy atom. The molecule has 1 unspecified atom stereocenters. The second-order valence-electron chi connectivity index (χ2n) is 3.39. The maximum atomic E-state index is 13.3. The molecule has 0 aliphatic carbocycles. The minimum Gasteiger partial charge on any atom is -0.207 e. The van der Waals surface area contributed by atoms with Crippen LogP contribution >= 0.6 is 0 Å². The molecule has 0 aliphatic rings. The topological polar surface area (TPSA) is 23.8 Å². The average Bonchev–Trinajstić information content (AvgIpc) is 2.17. The largest absolute Gasteiger partial charge is 0.207 e. The summed E-state index contributed by atoms with van der Waals surface area (Å²) in [4.78, 5) is 0. The van der Waals surface area contributed by atoms with Crippen LogP contribution < -0.4 is 0 Å². The van der Waals surface area contributed by atoms with Crippen LogP contribution in [0.25, 0.3) is 0 Å². The Hall–Kier alpha value is -1.43. The Morgan fingerprint density at radius 1 is 1.36 bits per heavy atom. The van der Waals surface area contributed by atoms with Crippen LogP contribution in [0.4, 0.5) is 8.78 Å². The molecule has 3 heteroatoms. The summed E-state index contributed by atoms with van der Waals surface area (Å²) in [5.41, 5.74) is -1.22. The van der Waals surface area contributed by atoms with Crippen molar-refractivity contribution < 1.29 is 8.78 Å². The fourth-order valence-corrected chi connectivity index (χ4v) is 1.34. The van der Waals surface area contributed by atoms with Crippen LogP contribution in [0.5, 0.6) is 0 Å². The van der Waals surface area contributed by atoms with Crippen molar-refractivity contribution in [3.8, 4) is 6.07 Å². The third kappa shape index (κ3) is 1.60. The lowest BCUT2D eigenvalue weighted by Gasteiger charge is -2.20. The Labute approximate surface area is 82.0 Å². The quantitative estimate of drug-likeness (QED) is 0.711. The molecule has 74 valence electrons. The van der Waals surface area contributed by atoms with Gasteiger partial charge in [0.15, 0.2) is 0 Å². The van der Waals surface area contributed by atoms with Crippen molar-refractivity contribution >= 4 is 0 Å². The highest BCUT2D eigenvalue weighted by molar-refractivity contribution is 5.33. The first kappa shape index (κ1) is 10.6. The lowest BCUT2D eigenvalue weighted by molar-refractivity contribution is 0.479. The minimum absolute atomic E-state index is 0.134. The van der Waals surface area contributed by atoms with Gasteiger partial charge in [-0.3, -0.25) is 0 Å². The van der Waals surface area contributed by atoms with Gasteiger partial charge in [0.1, 0.15) is 11.6 Å². The van der Waals surface area contributed by atoms with Crippen molar-refractivity contribution in [2.24, 2.45) is 0 Å². The van der Waals surface area contributed by atoms with Crippen LogP contribution in [-0.4, -0.2) is 0 Å². The summed E-state index contributed by atoms with van der Waals surface area (Å²) >= 11 is 0. The van der Waals surface area contributed by atoms with Crippen molar-refractivity contribution in [1.82, 2.24) is 0 Å². The van der Waals surface area contributed by atoms with E-state index in [1.165, 1.54) is 25.1 Å². The number of hydrogen-bond donors (Lipinski definition) is 0. The summed E-state index contributed by atoms with van der Waals surface area (Å²) in [5.74, 6) is -1.31. The molecule has 0 fully saturated rings. The van der Waals surface area contributed by atoms with Crippen LogP contribution in [0.15, 0.2) is 18.2 Å². The van der Waals surface area contributed by atoms with Gasteiger partial charge in [-0.15, -0.1) is 0 Å². The molecule has 0 saturated heterocycles. The van der Waals surface area contributed by atoms with Crippen molar-refractivity contribution in [3.63, 3.8) is 0 Å². The van der Waals surface area contributed by atoms with E-state index >= 15 is 0 Å². The zero-order valence-electron chi connectivity index (χ0n) is 8.14. The van der Waals surface area contributed by atoms with E-state index in [0.29, 0.717) is 6.42 Å². The summed E-state index contributed by atoms with van der Waals surface area (Å²) in [7, 11) is 0. The smallest absolute Gasteiger partial charge is 0.130 e. The Bertz CT molecular complexity index is 361. The van der Waals surface area contributed by atoms with Crippen LogP contribution in [0, 0.1) is 23.0 Å². The molecular weight excluding hydrogens is 184 g/mol. The summed E-state index contributed by atoms with van der Waals surface area (Å²) in [6, 6.07) is 5.58. The fraction of sp³-hybridized carbons (Fsp3) is 0.364. The number of rotatable bonds is 2. The zero-order valence-corrected chi connectivity index (χ0v) is 8.14. The predicted octanol–water partition coefficient (Wildman–Crippen LogP) is 3.16. The standard InChI is InChI=1S/C11H11F2N/c1-3-11(2,7-14)10-8(12)5-4-6-9(10)13/h4-6H,3H2,1-2H3. The lowest BCUT2D eigenvalue weighted by atomic mass is 9.81. The first-order valence-corrected chi connectivity index (χ1v) is 4.41. The second-order valence-corrected chi connectivity index (χ2v) is 3.39. The zero-order chi connectivity index (χ0) is 10.8. The van der Waals surface area contributed by atoms with Gasteiger partial charge in [0.05, 0.1) is 11.5 Å². The molecule has 1 aromatic carbocycles. The van der Waals surface area contributed by atoms with Gasteiger partial charge in [-0.2, -0.15) is 5.26 Å². The highest BCUT2D eigenvalue weighted by Crippen LogP contribution is 2.30. The van der Waals surface area contributed by atoms with Crippen LogP contribution in [-0.2, 0) is 5.41 Å². The van der Waals surface area contributed by atoms with E-state index in [-0.39, 0.29) is 5.56 Å². The molecule has 0 aromatic heterocycles. The Balaban J connectivity index is 3.39. The third-order valence-electron chi connectivity index (χ3n) is 2.47. The average molecular weight is 195 g/mol. The molecule has 0 spiro atoms. The van der Waals surface area contributed by atoms with Crippen LogP contribution in [0.1, 0.15) is 25.8 Å². The molecule has 1 nitrogen and oxygen atoms in total. The van der Waals surface area contributed by atoms with Crippen molar-refractivity contribution in [3.05, 3.63) is 35.4 Å². The summed E-state index contributed by atoms with van der Waals surface area (Å²) in [6.07, 6.45) is 0.376. The summed E-state index contributed by atoms with van der Waals surface area (Å²) in [6.45, 7) is 3.27. The number of hydrogen-bond acceptors (Lipinski definition) is 1.